The summed E-state index contributed by atoms with van der Waals surface area (Å²) in [7, 11) is -3.21. The van der Waals surface area contributed by atoms with Crippen molar-refractivity contribution < 1.29 is 8.42 Å². The van der Waals surface area contributed by atoms with Crippen LogP contribution in [0.5, 0.6) is 0 Å². The molecule has 98 valence electrons. The van der Waals surface area contributed by atoms with Crippen molar-refractivity contribution in [2.45, 2.75) is 16.8 Å². The minimum atomic E-state index is -3.21. The Hall–Kier alpha value is -1.65. The molecular formula is C15H15NO2S. The van der Waals surface area contributed by atoms with Crippen LogP contribution in [-0.4, -0.2) is 25.2 Å². The molecule has 1 saturated heterocycles. The van der Waals surface area contributed by atoms with Gasteiger partial charge in [-0.15, -0.1) is 0 Å². The molecule has 0 bridgehead atoms. The maximum atomic E-state index is 12.4. The third-order valence-electron chi connectivity index (χ3n) is 3.32. The van der Waals surface area contributed by atoms with Crippen molar-refractivity contribution in [1.29, 1.82) is 0 Å². The molecule has 2 aromatic rings. The van der Waals surface area contributed by atoms with Gasteiger partial charge in [0.05, 0.1) is 4.90 Å². The largest absolute Gasteiger partial charge is 0.279 e. The molecule has 1 aliphatic heterocycles. The van der Waals surface area contributed by atoms with Gasteiger partial charge in [0.25, 0.3) is 0 Å². The minimum absolute atomic E-state index is 0.366. The van der Waals surface area contributed by atoms with Crippen LogP contribution in [0.15, 0.2) is 65.6 Å². The number of hydrogen-bond donors (Lipinski definition) is 0. The zero-order valence-electron chi connectivity index (χ0n) is 10.4. The van der Waals surface area contributed by atoms with E-state index >= 15 is 0 Å². The van der Waals surface area contributed by atoms with E-state index in [1.54, 1.807) is 24.3 Å². The summed E-state index contributed by atoms with van der Waals surface area (Å²) >= 11 is 0. The second-order valence-corrected chi connectivity index (χ2v) is 6.83. The summed E-state index contributed by atoms with van der Waals surface area (Å²) in [5.74, 6) is 0. The van der Waals surface area contributed by atoms with Gasteiger partial charge in [-0.3, -0.25) is 4.90 Å². The molecule has 1 aliphatic rings. The fourth-order valence-corrected chi connectivity index (χ4v) is 3.90. The molecule has 0 aromatic heterocycles. The van der Waals surface area contributed by atoms with Crippen LogP contribution in [0.2, 0.25) is 0 Å². The third-order valence-corrected chi connectivity index (χ3v) is 5.42. The highest BCUT2D eigenvalue weighted by molar-refractivity contribution is 7.92. The van der Waals surface area contributed by atoms with Crippen LogP contribution in [0.1, 0.15) is 5.56 Å². The average Bonchev–Trinajstić information content (AvgIpc) is 3.21. The van der Waals surface area contributed by atoms with E-state index in [9.17, 15) is 8.42 Å². The van der Waals surface area contributed by atoms with Crippen molar-refractivity contribution in [3.05, 3.63) is 66.2 Å². The van der Waals surface area contributed by atoms with Crippen molar-refractivity contribution in [2.24, 2.45) is 0 Å². The van der Waals surface area contributed by atoms with E-state index in [0.29, 0.717) is 18.0 Å². The summed E-state index contributed by atoms with van der Waals surface area (Å²) in [6.45, 7) is 1.31. The Labute approximate surface area is 113 Å². The molecule has 2 aromatic carbocycles. The number of hydrogen-bond acceptors (Lipinski definition) is 3. The van der Waals surface area contributed by atoms with E-state index < -0.39 is 9.84 Å². The van der Waals surface area contributed by atoms with Gasteiger partial charge in [0, 0.05) is 13.1 Å². The second kappa shape index (κ2) is 4.79. The van der Waals surface area contributed by atoms with Crippen molar-refractivity contribution in [3.8, 4) is 0 Å². The number of rotatable bonds is 4. The fourth-order valence-electron chi connectivity index (χ4n) is 2.20. The highest BCUT2D eigenvalue weighted by Crippen LogP contribution is 2.30. The summed E-state index contributed by atoms with van der Waals surface area (Å²) in [5, 5.41) is -0.366. The fraction of sp³-hybridized carbons (Fsp3) is 0.200. The summed E-state index contributed by atoms with van der Waals surface area (Å²) in [6.07, 6.45) is 0. The molecule has 1 fully saturated rings. The van der Waals surface area contributed by atoms with E-state index in [-0.39, 0.29) is 5.37 Å². The topological polar surface area (TPSA) is 37.1 Å². The lowest BCUT2D eigenvalue weighted by molar-refractivity contribution is 0.522. The standard InChI is InChI=1S/C15H15NO2S/c17-19(18,14-9-5-2-6-10-14)15-12-16(15)11-13-7-3-1-4-8-13/h1-10,15H,11-12H2. The third kappa shape index (κ3) is 2.55. The molecule has 2 atom stereocenters. The Morgan fingerprint density at radius 2 is 1.53 bits per heavy atom. The van der Waals surface area contributed by atoms with Crippen LogP contribution in [-0.2, 0) is 16.4 Å². The molecule has 3 nitrogen and oxygen atoms in total. The molecule has 19 heavy (non-hydrogen) atoms. The van der Waals surface area contributed by atoms with Gasteiger partial charge >= 0.3 is 0 Å². The van der Waals surface area contributed by atoms with Crippen molar-refractivity contribution in [1.82, 2.24) is 4.90 Å². The lowest BCUT2D eigenvalue weighted by atomic mass is 10.2. The molecular weight excluding hydrogens is 258 g/mol. The van der Waals surface area contributed by atoms with E-state index in [1.807, 2.05) is 41.3 Å². The van der Waals surface area contributed by atoms with Crippen LogP contribution < -0.4 is 0 Å². The lowest BCUT2D eigenvalue weighted by Gasteiger charge is -2.05. The molecule has 1 heterocycles. The molecule has 0 N–H and O–H groups in total. The maximum Gasteiger partial charge on any atom is 0.195 e. The SMILES string of the molecule is O=S(=O)(c1ccccc1)C1CN1Cc1ccccc1. The van der Waals surface area contributed by atoms with Crippen LogP contribution in [0.3, 0.4) is 0 Å². The first-order chi connectivity index (χ1) is 9.18. The Balaban J connectivity index is 1.73. The van der Waals surface area contributed by atoms with Gasteiger partial charge in [-0.2, -0.15) is 0 Å². The molecule has 0 amide bonds. The highest BCUT2D eigenvalue weighted by atomic mass is 32.2. The molecule has 0 aliphatic carbocycles. The van der Waals surface area contributed by atoms with Gasteiger partial charge in [-0.1, -0.05) is 48.5 Å². The number of sulfone groups is 1. The van der Waals surface area contributed by atoms with Gasteiger partial charge in [0.2, 0.25) is 0 Å². The first kappa shape index (κ1) is 12.4. The highest BCUT2D eigenvalue weighted by Gasteiger charge is 2.45. The van der Waals surface area contributed by atoms with Crippen molar-refractivity contribution in [2.75, 3.05) is 6.54 Å². The van der Waals surface area contributed by atoms with Gasteiger partial charge in [0.1, 0.15) is 5.37 Å². The Kier molecular flexibility index (Phi) is 3.12. The first-order valence-electron chi connectivity index (χ1n) is 6.25. The molecule has 0 radical (unpaired) electrons. The Morgan fingerprint density at radius 3 is 2.16 bits per heavy atom. The predicted octanol–water partition coefficient (Wildman–Crippen LogP) is 2.30. The first-order valence-corrected chi connectivity index (χ1v) is 7.79. The second-order valence-electron chi connectivity index (χ2n) is 4.73. The van der Waals surface area contributed by atoms with Crippen LogP contribution in [0, 0.1) is 0 Å². The summed E-state index contributed by atoms with van der Waals surface area (Å²) < 4.78 is 24.7. The van der Waals surface area contributed by atoms with Gasteiger partial charge in [-0.05, 0) is 17.7 Å². The quantitative estimate of drug-likeness (QED) is 0.802. The monoisotopic (exact) mass is 273 g/mol. The molecule has 2 unspecified atom stereocenters. The van der Waals surface area contributed by atoms with E-state index in [2.05, 4.69) is 0 Å². The normalized spacial score (nSPS) is 22.1. The zero-order valence-corrected chi connectivity index (χ0v) is 11.3. The Morgan fingerprint density at radius 1 is 0.947 bits per heavy atom. The summed E-state index contributed by atoms with van der Waals surface area (Å²) in [6, 6.07) is 18.6. The van der Waals surface area contributed by atoms with E-state index in [4.69, 9.17) is 0 Å². The van der Waals surface area contributed by atoms with Gasteiger partial charge < -0.3 is 0 Å². The molecule has 3 rings (SSSR count). The van der Waals surface area contributed by atoms with Crippen molar-refractivity contribution >= 4 is 9.84 Å². The van der Waals surface area contributed by atoms with Crippen LogP contribution in [0.4, 0.5) is 0 Å². The van der Waals surface area contributed by atoms with Crippen molar-refractivity contribution in [3.63, 3.8) is 0 Å². The Bertz CT molecular complexity index is 653. The smallest absolute Gasteiger partial charge is 0.195 e. The van der Waals surface area contributed by atoms with E-state index in [1.165, 1.54) is 0 Å². The summed E-state index contributed by atoms with van der Waals surface area (Å²) in [4.78, 5) is 2.38. The molecule has 0 spiro atoms. The number of benzene rings is 2. The van der Waals surface area contributed by atoms with Crippen LogP contribution in [0.25, 0.3) is 0 Å². The summed E-state index contributed by atoms with van der Waals surface area (Å²) in [5.41, 5.74) is 1.15. The number of nitrogens with zero attached hydrogens (tertiary/aromatic N) is 1. The van der Waals surface area contributed by atoms with Gasteiger partial charge in [0.15, 0.2) is 9.84 Å². The predicted molar refractivity (Wildman–Crippen MR) is 74.3 cm³/mol. The zero-order chi connectivity index (χ0) is 13.3. The van der Waals surface area contributed by atoms with Crippen LogP contribution >= 0.6 is 0 Å². The molecule has 4 heteroatoms. The maximum absolute atomic E-state index is 12.4. The lowest BCUT2D eigenvalue weighted by Crippen LogP contribution is -2.14. The van der Waals surface area contributed by atoms with Gasteiger partial charge in [-0.25, -0.2) is 8.42 Å². The molecule has 0 saturated carbocycles. The average molecular weight is 273 g/mol. The minimum Gasteiger partial charge on any atom is -0.279 e. The van der Waals surface area contributed by atoms with E-state index in [0.717, 1.165) is 5.56 Å².